The largest absolute Gasteiger partial charge is 0.480 e. The molecule has 0 bridgehead atoms. The van der Waals surface area contributed by atoms with Crippen molar-refractivity contribution in [3.8, 4) is 0 Å². The van der Waals surface area contributed by atoms with E-state index in [4.69, 9.17) is 9.47 Å². The average molecular weight is 337 g/mol. The molecule has 1 aromatic rings. The number of rotatable bonds is 7. The SMILES string of the molecule is CCOCc1ccccc1C[C@@H](C(=O)O)N(C)C(=O)OC(C)(C)C. The first kappa shape index (κ1) is 20.0. The molecule has 1 aromatic carbocycles. The lowest BCUT2D eigenvalue weighted by atomic mass is 10.00. The Morgan fingerprint density at radius 2 is 1.79 bits per heavy atom. The Bertz CT molecular complexity index is 565. The summed E-state index contributed by atoms with van der Waals surface area (Å²) >= 11 is 0. The number of ether oxygens (including phenoxy) is 2. The zero-order valence-electron chi connectivity index (χ0n) is 15.0. The first-order chi connectivity index (χ1) is 11.2. The second kappa shape index (κ2) is 8.68. The smallest absolute Gasteiger partial charge is 0.410 e. The zero-order chi connectivity index (χ0) is 18.3. The second-order valence-electron chi connectivity index (χ2n) is 6.56. The summed E-state index contributed by atoms with van der Waals surface area (Å²) in [6.07, 6.45) is -0.467. The molecule has 0 saturated carbocycles. The topological polar surface area (TPSA) is 76.1 Å². The molecule has 6 nitrogen and oxygen atoms in total. The van der Waals surface area contributed by atoms with Gasteiger partial charge in [-0.15, -0.1) is 0 Å². The predicted molar refractivity (Wildman–Crippen MR) is 90.9 cm³/mol. The normalized spacial score (nSPS) is 12.5. The molecule has 134 valence electrons. The number of nitrogens with zero attached hydrogens (tertiary/aromatic N) is 1. The summed E-state index contributed by atoms with van der Waals surface area (Å²) in [7, 11) is 1.44. The number of carbonyl (C=O) groups is 2. The molecule has 0 heterocycles. The van der Waals surface area contributed by atoms with Gasteiger partial charge in [0, 0.05) is 20.1 Å². The third-order valence-electron chi connectivity index (χ3n) is 3.43. The van der Waals surface area contributed by atoms with Crippen molar-refractivity contribution >= 4 is 12.1 Å². The Labute approximate surface area is 143 Å². The number of likely N-dealkylation sites (N-methyl/N-ethyl adjacent to an activating group) is 1. The molecule has 6 heteroatoms. The van der Waals surface area contributed by atoms with Gasteiger partial charge in [0.15, 0.2) is 0 Å². The quantitative estimate of drug-likeness (QED) is 0.827. The van der Waals surface area contributed by atoms with Crippen molar-refractivity contribution in [1.82, 2.24) is 4.90 Å². The summed E-state index contributed by atoms with van der Waals surface area (Å²) < 4.78 is 10.7. The number of carboxylic acids is 1. The van der Waals surface area contributed by atoms with Gasteiger partial charge in [-0.05, 0) is 38.8 Å². The third kappa shape index (κ3) is 6.20. The maximum Gasteiger partial charge on any atom is 0.410 e. The molecule has 0 aromatic heterocycles. The van der Waals surface area contributed by atoms with E-state index in [1.54, 1.807) is 20.8 Å². The molecule has 1 atom stereocenters. The highest BCUT2D eigenvalue weighted by molar-refractivity contribution is 5.80. The highest BCUT2D eigenvalue weighted by Crippen LogP contribution is 2.17. The Kier molecular flexibility index (Phi) is 7.22. The Balaban J connectivity index is 2.94. The van der Waals surface area contributed by atoms with Gasteiger partial charge in [0.25, 0.3) is 0 Å². The molecule has 0 unspecified atom stereocenters. The van der Waals surface area contributed by atoms with Crippen molar-refractivity contribution in [2.24, 2.45) is 0 Å². The molecule has 0 fully saturated rings. The van der Waals surface area contributed by atoms with Crippen LogP contribution in [0.5, 0.6) is 0 Å². The van der Waals surface area contributed by atoms with Crippen molar-refractivity contribution in [1.29, 1.82) is 0 Å². The molecule has 0 spiro atoms. The van der Waals surface area contributed by atoms with Crippen molar-refractivity contribution in [2.45, 2.75) is 52.4 Å². The number of benzene rings is 1. The van der Waals surface area contributed by atoms with E-state index in [1.807, 2.05) is 31.2 Å². The minimum absolute atomic E-state index is 0.189. The van der Waals surface area contributed by atoms with Crippen LogP contribution < -0.4 is 0 Å². The summed E-state index contributed by atoms with van der Waals surface area (Å²) in [6, 6.07) is 6.47. The van der Waals surface area contributed by atoms with Crippen LogP contribution >= 0.6 is 0 Å². The molecular formula is C18H27NO5. The Morgan fingerprint density at radius 1 is 1.21 bits per heavy atom. The lowest BCUT2D eigenvalue weighted by molar-refractivity contribution is -0.142. The van der Waals surface area contributed by atoms with Crippen LogP contribution in [0.4, 0.5) is 4.79 Å². The van der Waals surface area contributed by atoms with Gasteiger partial charge in [-0.25, -0.2) is 9.59 Å². The fourth-order valence-corrected chi connectivity index (χ4v) is 2.17. The molecule has 24 heavy (non-hydrogen) atoms. The number of amides is 1. The summed E-state index contributed by atoms with van der Waals surface area (Å²) in [6.45, 7) is 8.12. The highest BCUT2D eigenvalue weighted by Gasteiger charge is 2.30. The van der Waals surface area contributed by atoms with Crippen molar-refractivity contribution in [3.63, 3.8) is 0 Å². The van der Waals surface area contributed by atoms with E-state index in [-0.39, 0.29) is 6.42 Å². The van der Waals surface area contributed by atoms with Crippen LogP contribution in [0.25, 0.3) is 0 Å². The first-order valence-corrected chi connectivity index (χ1v) is 7.98. The zero-order valence-corrected chi connectivity index (χ0v) is 15.0. The molecule has 0 radical (unpaired) electrons. The lowest BCUT2D eigenvalue weighted by Gasteiger charge is -2.29. The molecule has 1 N–H and O–H groups in total. The fraction of sp³-hybridized carbons (Fsp3) is 0.556. The van der Waals surface area contributed by atoms with Crippen LogP contribution in [-0.2, 0) is 27.3 Å². The van der Waals surface area contributed by atoms with Crippen molar-refractivity contribution < 1.29 is 24.2 Å². The monoisotopic (exact) mass is 337 g/mol. The second-order valence-corrected chi connectivity index (χ2v) is 6.56. The van der Waals surface area contributed by atoms with E-state index >= 15 is 0 Å². The summed E-state index contributed by atoms with van der Waals surface area (Å²) in [5.41, 5.74) is 1.08. The Hall–Kier alpha value is -2.08. The van der Waals surface area contributed by atoms with Gasteiger partial charge in [-0.3, -0.25) is 4.90 Å². The van der Waals surface area contributed by atoms with Gasteiger partial charge < -0.3 is 14.6 Å². The van der Waals surface area contributed by atoms with Gasteiger partial charge in [0.2, 0.25) is 0 Å². The Morgan fingerprint density at radius 3 is 2.29 bits per heavy atom. The third-order valence-corrected chi connectivity index (χ3v) is 3.43. The molecular weight excluding hydrogens is 310 g/mol. The number of carboxylic acid groups (broad SMARTS) is 1. The van der Waals surface area contributed by atoms with Crippen LogP contribution in [0.1, 0.15) is 38.8 Å². The van der Waals surface area contributed by atoms with Gasteiger partial charge in [0.05, 0.1) is 6.61 Å². The lowest BCUT2D eigenvalue weighted by Crippen LogP contribution is -2.46. The molecule has 0 aliphatic rings. The van der Waals surface area contributed by atoms with E-state index in [2.05, 4.69) is 0 Å². The van der Waals surface area contributed by atoms with Crippen LogP contribution in [0.2, 0.25) is 0 Å². The maximum absolute atomic E-state index is 12.2. The average Bonchev–Trinajstić information content (AvgIpc) is 2.48. The van der Waals surface area contributed by atoms with E-state index < -0.39 is 23.7 Å². The molecule has 0 saturated heterocycles. The number of carbonyl (C=O) groups excluding carboxylic acids is 1. The van der Waals surface area contributed by atoms with Crippen LogP contribution in [-0.4, -0.2) is 47.4 Å². The van der Waals surface area contributed by atoms with E-state index in [1.165, 1.54) is 7.05 Å². The summed E-state index contributed by atoms with van der Waals surface area (Å²) in [5, 5.41) is 9.54. The van der Waals surface area contributed by atoms with E-state index in [0.717, 1.165) is 16.0 Å². The predicted octanol–water partition coefficient (Wildman–Crippen LogP) is 3.09. The van der Waals surface area contributed by atoms with E-state index in [9.17, 15) is 14.7 Å². The van der Waals surface area contributed by atoms with Crippen LogP contribution in [0.3, 0.4) is 0 Å². The van der Waals surface area contributed by atoms with Crippen molar-refractivity contribution in [3.05, 3.63) is 35.4 Å². The minimum atomic E-state index is -1.07. The van der Waals surface area contributed by atoms with Crippen LogP contribution in [0, 0.1) is 0 Å². The number of hydrogen-bond donors (Lipinski definition) is 1. The summed E-state index contributed by atoms with van der Waals surface area (Å²) in [5.74, 6) is -1.07. The summed E-state index contributed by atoms with van der Waals surface area (Å²) in [4.78, 5) is 25.0. The first-order valence-electron chi connectivity index (χ1n) is 7.98. The minimum Gasteiger partial charge on any atom is -0.480 e. The molecule has 1 amide bonds. The van der Waals surface area contributed by atoms with Gasteiger partial charge in [-0.1, -0.05) is 24.3 Å². The maximum atomic E-state index is 12.2. The standard InChI is InChI=1S/C18H27NO5/c1-6-23-12-14-10-8-7-9-13(14)11-15(16(20)21)19(5)17(22)24-18(2,3)4/h7-10,15H,6,11-12H2,1-5H3,(H,20,21)/t15-/m0/s1. The van der Waals surface area contributed by atoms with E-state index in [0.29, 0.717) is 13.2 Å². The van der Waals surface area contributed by atoms with Gasteiger partial charge >= 0.3 is 12.1 Å². The van der Waals surface area contributed by atoms with Crippen LogP contribution in [0.15, 0.2) is 24.3 Å². The molecule has 0 aliphatic carbocycles. The van der Waals surface area contributed by atoms with Gasteiger partial charge in [-0.2, -0.15) is 0 Å². The number of hydrogen-bond acceptors (Lipinski definition) is 4. The fourth-order valence-electron chi connectivity index (χ4n) is 2.17. The van der Waals surface area contributed by atoms with Crippen molar-refractivity contribution in [2.75, 3.05) is 13.7 Å². The number of aliphatic carboxylic acids is 1. The molecule has 0 aliphatic heterocycles. The molecule has 1 rings (SSSR count). The van der Waals surface area contributed by atoms with Gasteiger partial charge in [0.1, 0.15) is 11.6 Å². The highest BCUT2D eigenvalue weighted by atomic mass is 16.6.